The molecular weight excluding hydrogens is 321 g/mol. The second-order valence-electron chi connectivity index (χ2n) is 5.93. The molecule has 1 aromatic rings. The van der Waals surface area contributed by atoms with Crippen molar-refractivity contribution in [2.24, 2.45) is 11.8 Å². The Balaban J connectivity index is 1.85. The van der Waals surface area contributed by atoms with E-state index in [2.05, 4.69) is 0 Å². The minimum atomic E-state index is -4.37. The second kappa shape index (κ2) is 4.72. The molecule has 0 amide bonds. The van der Waals surface area contributed by atoms with Crippen LogP contribution in [0, 0.1) is 11.8 Å². The number of alkyl halides is 3. The lowest BCUT2D eigenvalue weighted by molar-refractivity contribution is -0.160. The van der Waals surface area contributed by atoms with Gasteiger partial charge in [0.05, 0.1) is 11.3 Å². The number of halogens is 4. The van der Waals surface area contributed by atoms with Crippen LogP contribution < -0.4 is 0 Å². The number of carboxylic acids is 1. The lowest BCUT2D eigenvalue weighted by Crippen LogP contribution is -2.29. The number of carbonyl (C=O) groups is 2. The minimum Gasteiger partial charge on any atom is -0.481 e. The van der Waals surface area contributed by atoms with Crippen molar-refractivity contribution in [3.05, 3.63) is 34.3 Å². The van der Waals surface area contributed by atoms with Crippen LogP contribution in [-0.2, 0) is 10.2 Å². The first-order chi connectivity index (χ1) is 10.2. The van der Waals surface area contributed by atoms with E-state index in [0.717, 1.165) is 0 Å². The highest BCUT2D eigenvalue weighted by atomic mass is 35.5. The Morgan fingerprint density at radius 3 is 2.27 bits per heavy atom. The fraction of sp³-hybridized carbons (Fsp3) is 0.467. The fourth-order valence-electron chi connectivity index (χ4n) is 2.86. The summed E-state index contributed by atoms with van der Waals surface area (Å²) in [5, 5.41) is 8.73. The molecule has 0 aliphatic heterocycles. The number of rotatable bonds is 4. The Morgan fingerprint density at radius 1 is 1.23 bits per heavy atom. The summed E-state index contributed by atoms with van der Waals surface area (Å²) in [6.45, 7) is 0. The molecule has 2 fully saturated rings. The molecule has 2 atom stereocenters. The zero-order valence-electron chi connectivity index (χ0n) is 11.3. The number of ketones is 1. The van der Waals surface area contributed by atoms with Crippen molar-refractivity contribution in [2.75, 3.05) is 0 Å². The minimum absolute atomic E-state index is 0.00672. The molecule has 1 aromatic carbocycles. The number of aliphatic carboxylic acids is 1. The summed E-state index contributed by atoms with van der Waals surface area (Å²) < 4.78 is 39.3. The molecule has 2 aliphatic rings. The van der Waals surface area contributed by atoms with Crippen LogP contribution in [-0.4, -0.2) is 23.0 Å². The predicted molar refractivity (Wildman–Crippen MR) is 72.0 cm³/mol. The molecule has 7 heteroatoms. The lowest BCUT2D eigenvalue weighted by Gasteiger charge is -2.21. The van der Waals surface area contributed by atoms with E-state index in [0.29, 0.717) is 0 Å². The first-order valence-corrected chi connectivity index (χ1v) is 7.19. The topological polar surface area (TPSA) is 54.4 Å². The Hall–Kier alpha value is -1.56. The largest absolute Gasteiger partial charge is 0.481 e. The number of carbonyl (C=O) groups excluding carboxylic acids is 1. The van der Waals surface area contributed by atoms with Crippen LogP contribution in [0.5, 0.6) is 0 Å². The molecule has 0 bridgehead atoms. The van der Waals surface area contributed by atoms with Crippen LogP contribution in [0.25, 0.3) is 0 Å². The van der Waals surface area contributed by atoms with Crippen LogP contribution in [0.4, 0.5) is 13.2 Å². The number of carboxylic acid groups (broad SMARTS) is 1. The summed E-state index contributed by atoms with van der Waals surface area (Å²) in [6, 6.07) is 3.78. The van der Waals surface area contributed by atoms with Gasteiger partial charge in [-0.1, -0.05) is 23.7 Å². The van der Waals surface area contributed by atoms with Gasteiger partial charge in [0.1, 0.15) is 0 Å². The summed E-state index contributed by atoms with van der Waals surface area (Å²) in [4.78, 5) is 22.9. The highest BCUT2D eigenvalue weighted by Gasteiger charge is 2.64. The third-order valence-electron chi connectivity index (χ3n) is 4.51. The van der Waals surface area contributed by atoms with Gasteiger partial charge in [0.25, 0.3) is 0 Å². The Kier molecular flexibility index (Phi) is 3.29. The summed E-state index contributed by atoms with van der Waals surface area (Å²) in [5.74, 6) is -2.71. The third-order valence-corrected chi connectivity index (χ3v) is 4.82. The molecule has 2 unspecified atom stereocenters. The van der Waals surface area contributed by atoms with E-state index in [1.165, 1.54) is 18.2 Å². The molecule has 118 valence electrons. The van der Waals surface area contributed by atoms with E-state index in [9.17, 15) is 22.8 Å². The third kappa shape index (κ3) is 2.29. The Labute approximate surface area is 129 Å². The van der Waals surface area contributed by atoms with E-state index in [4.69, 9.17) is 16.7 Å². The van der Waals surface area contributed by atoms with Crippen LogP contribution >= 0.6 is 11.6 Å². The van der Waals surface area contributed by atoms with Gasteiger partial charge >= 0.3 is 12.1 Å². The quantitative estimate of drug-likeness (QED) is 0.852. The molecule has 0 saturated heterocycles. The van der Waals surface area contributed by atoms with Crippen LogP contribution in [0.3, 0.4) is 0 Å². The van der Waals surface area contributed by atoms with Gasteiger partial charge in [-0.3, -0.25) is 9.59 Å². The maximum absolute atomic E-state index is 13.1. The second-order valence-corrected chi connectivity index (χ2v) is 6.33. The van der Waals surface area contributed by atoms with E-state index in [1.807, 2.05) is 0 Å². The van der Waals surface area contributed by atoms with Crippen molar-refractivity contribution in [1.82, 2.24) is 0 Å². The van der Waals surface area contributed by atoms with Crippen LogP contribution in [0.15, 0.2) is 18.2 Å². The molecule has 0 spiro atoms. The highest BCUT2D eigenvalue weighted by Crippen LogP contribution is 2.60. The monoisotopic (exact) mass is 332 g/mol. The molecule has 3 rings (SSSR count). The Bertz CT molecular complexity index is 664. The van der Waals surface area contributed by atoms with Gasteiger partial charge in [0, 0.05) is 16.5 Å². The smallest absolute Gasteiger partial charge is 0.398 e. The fourth-order valence-corrected chi connectivity index (χ4v) is 3.22. The van der Waals surface area contributed by atoms with E-state index in [-0.39, 0.29) is 41.2 Å². The SMILES string of the molecule is O=C(O)C1CC1C(=O)c1ccc(C2(C(F)(F)F)CC2)c(Cl)c1. The van der Waals surface area contributed by atoms with Crippen molar-refractivity contribution in [3.8, 4) is 0 Å². The molecular formula is C15H12ClF3O3. The van der Waals surface area contributed by atoms with Gasteiger partial charge in [0.2, 0.25) is 0 Å². The van der Waals surface area contributed by atoms with Gasteiger partial charge in [0.15, 0.2) is 5.78 Å². The first kappa shape index (κ1) is 15.3. The zero-order chi connectivity index (χ0) is 16.3. The van der Waals surface area contributed by atoms with Gasteiger partial charge in [-0.25, -0.2) is 0 Å². The van der Waals surface area contributed by atoms with E-state index >= 15 is 0 Å². The standard InChI is InChI=1S/C15H12ClF3O3/c16-11-5-7(12(20)8-6-9(8)13(21)22)1-2-10(11)14(3-4-14)15(17,18)19/h1-2,5,8-9H,3-4,6H2,(H,21,22). The zero-order valence-corrected chi connectivity index (χ0v) is 12.0. The molecule has 2 saturated carbocycles. The van der Waals surface area contributed by atoms with Crippen molar-refractivity contribution in [3.63, 3.8) is 0 Å². The number of hydrogen-bond donors (Lipinski definition) is 1. The summed E-state index contributed by atoms with van der Waals surface area (Å²) in [5.41, 5.74) is -1.74. The maximum Gasteiger partial charge on any atom is 0.398 e. The molecule has 0 heterocycles. The number of hydrogen-bond acceptors (Lipinski definition) is 2. The summed E-state index contributed by atoms with van der Waals surface area (Å²) in [7, 11) is 0. The normalized spacial score (nSPS) is 25.6. The molecule has 2 aliphatic carbocycles. The lowest BCUT2D eigenvalue weighted by atomic mass is 9.93. The Morgan fingerprint density at radius 2 is 1.86 bits per heavy atom. The average Bonchev–Trinajstić information content (AvgIpc) is 3.28. The summed E-state index contributed by atoms with van der Waals surface area (Å²) in [6.07, 6.45) is -4.12. The first-order valence-electron chi connectivity index (χ1n) is 6.81. The molecule has 1 N–H and O–H groups in total. The molecule has 3 nitrogen and oxygen atoms in total. The van der Waals surface area contributed by atoms with Crippen molar-refractivity contribution >= 4 is 23.4 Å². The average molecular weight is 333 g/mol. The van der Waals surface area contributed by atoms with Crippen molar-refractivity contribution in [2.45, 2.75) is 30.9 Å². The van der Waals surface area contributed by atoms with Gasteiger partial charge in [-0.05, 0) is 30.9 Å². The van der Waals surface area contributed by atoms with Gasteiger partial charge < -0.3 is 5.11 Å². The van der Waals surface area contributed by atoms with Crippen molar-refractivity contribution < 1.29 is 27.9 Å². The van der Waals surface area contributed by atoms with Crippen LogP contribution in [0.2, 0.25) is 5.02 Å². The molecule has 0 radical (unpaired) electrons. The van der Waals surface area contributed by atoms with E-state index in [1.54, 1.807) is 0 Å². The maximum atomic E-state index is 13.1. The van der Waals surface area contributed by atoms with E-state index < -0.39 is 29.4 Å². The molecule has 0 aromatic heterocycles. The van der Waals surface area contributed by atoms with Crippen molar-refractivity contribution in [1.29, 1.82) is 0 Å². The number of Topliss-reactive ketones (excluding diaryl/α,β-unsaturated/α-hetero) is 1. The number of benzene rings is 1. The highest BCUT2D eigenvalue weighted by molar-refractivity contribution is 6.32. The van der Waals surface area contributed by atoms with Gasteiger partial charge in [-0.2, -0.15) is 13.2 Å². The summed E-state index contributed by atoms with van der Waals surface area (Å²) >= 11 is 5.96. The van der Waals surface area contributed by atoms with Gasteiger partial charge in [-0.15, -0.1) is 0 Å². The predicted octanol–water partition coefficient (Wildman–Crippen LogP) is 3.84. The molecule has 22 heavy (non-hydrogen) atoms. The van der Waals surface area contributed by atoms with Crippen LogP contribution in [0.1, 0.15) is 35.2 Å².